The van der Waals surface area contributed by atoms with Gasteiger partial charge in [0.15, 0.2) is 5.13 Å². The molecule has 3 amide bonds. The normalized spacial score (nSPS) is 25.7. The Balaban J connectivity index is 1.59. The van der Waals surface area contributed by atoms with Crippen LogP contribution in [0.2, 0.25) is 0 Å². The Labute approximate surface area is 242 Å². The van der Waals surface area contributed by atoms with Gasteiger partial charge in [0.2, 0.25) is 17.6 Å². The van der Waals surface area contributed by atoms with Crippen LogP contribution >= 0.6 is 11.3 Å². The molecule has 1 aromatic heterocycles. The van der Waals surface area contributed by atoms with E-state index in [0.717, 1.165) is 31.4 Å². The first-order valence-corrected chi connectivity index (χ1v) is 15.4. The summed E-state index contributed by atoms with van der Waals surface area (Å²) in [5.74, 6) is -2.07. The molecule has 4 rings (SSSR count). The Hall–Kier alpha value is -2.49. The number of carbonyl (C=O) groups is 4. The number of carbonyl (C=O) groups excluding carboxylic acids is 4. The fraction of sp³-hybridized carbons (Fsp3) is 0.767. The number of thiazole rings is 1. The topological polar surface area (TPSA) is 134 Å². The molecule has 4 N–H and O–H groups in total. The minimum Gasteiger partial charge on any atom is -0.363 e. The van der Waals surface area contributed by atoms with Crippen molar-refractivity contribution in [2.45, 2.75) is 117 Å². The average Bonchev–Trinajstić information content (AvgIpc) is 3.18. The number of nitrogens with zero attached hydrogens (tertiary/aromatic N) is 2. The Morgan fingerprint density at radius 2 is 1.77 bits per heavy atom. The Morgan fingerprint density at radius 3 is 2.23 bits per heavy atom. The molecule has 3 aliphatic rings. The van der Waals surface area contributed by atoms with Gasteiger partial charge in [-0.3, -0.25) is 19.2 Å². The number of amides is 3. The number of ketones is 1. The summed E-state index contributed by atoms with van der Waals surface area (Å²) in [7, 11) is 0. The number of anilines is 1. The van der Waals surface area contributed by atoms with Crippen molar-refractivity contribution in [1.82, 2.24) is 15.2 Å². The van der Waals surface area contributed by atoms with Gasteiger partial charge in [-0.05, 0) is 41.4 Å². The number of Topliss-reactive ketones (excluding diaryl/α,β-unsaturated/α-hetero) is 1. The second-order valence-corrected chi connectivity index (χ2v) is 15.9. The number of nitrogens with two attached hydrogens (primary N) is 1. The van der Waals surface area contributed by atoms with Gasteiger partial charge in [0.1, 0.15) is 12.1 Å². The molecule has 1 aromatic rings. The third-order valence-electron chi connectivity index (χ3n) is 9.43. The lowest BCUT2D eigenvalue weighted by molar-refractivity contribution is -0.142. The predicted molar refractivity (Wildman–Crippen MR) is 157 cm³/mol. The Morgan fingerprint density at radius 1 is 1.15 bits per heavy atom. The summed E-state index contributed by atoms with van der Waals surface area (Å²) < 4.78 is 0. The van der Waals surface area contributed by atoms with Crippen LogP contribution in [-0.4, -0.2) is 58.1 Å². The third-order valence-corrected chi connectivity index (χ3v) is 10.2. The van der Waals surface area contributed by atoms with Gasteiger partial charge in [-0.1, -0.05) is 74.7 Å². The first-order chi connectivity index (χ1) is 18.3. The highest BCUT2D eigenvalue weighted by Crippen LogP contribution is 2.69. The van der Waals surface area contributed by atoms with E-state index in [4.69, 9.17) is 10.7 Å². The van der Waals surface area contributed by atoms with Crippen LogP contribution in [0.1, 0.15) is 99.6 Å². The third kappa shape index (κ3) is 6.06. The average molecular weight is 574 g/mol. The summed E-state index contributed by atoms with van der Waals surface area (Å²) in [5, 5.41) is 8.94. The zero-order valence-electron chi connectivity index (χ0n) is 25.3. The minimum absolute atomic E-state index is 0.0104. The van der Waals surface area contributed by atoms with Gasteiger partial charge in [-0.2, -0.15) is 0 Å². The lowest BCUT2D eigenvalue weighted by atomic mass is 9.80. The fourth-order valence-corrected chi connectivity index (χ4v) is 7.19. The number of likely N-dealkylation sites (tertiary alicyclic amines) is 1. The number of primary amides is 1. The molecule has 0 bridgehead atoms. The molecule has 1 spiro atoms. The second kappa shape index (κ2) is 10.4. The number of hydrogen-bond acceptors (Lipinski definition) is 7. The molecule has 222 valence electrons. The van der Waals surface area contributed by atoms with Crippen LogP contribution in [0.3, 0.4) is 0 Å². The maximum atomic E-state index is 14.3. The molecule has 9 nitrogen and oxygen atoms in total. The molecule has 2 saturated carbocycles. The summed E-state index contributed by atoms with van der Waals surface area (Å²) in [6.45, 7) is 17.1. The van der Waals surface area contributed by atoms with Crippen molar-refractivity contribution in [2.24, 2.45) is 27.9 Å². The minimum atomic E-state index is -1.04. The fourth-order valence-electron chi connectivity index (χ4n) is 6.22. The quantitative estimate of drug-likeness (QED) is 0.382. The molecule has 1 saturated heterocycles. The van der Waals surface area contributed by atoms with E-state index in [1.807, 2.05) is 26.2 Å². The van der Waals surface area contributed by atoms with Crippen molar-refractivity contribution in [1.29, 1.82) is 0 Å². The van der Waals surface area contributed by atoms with Crippen molar-refractivity contribution < 1.29 is 19.2 Å². The van der Waals surface area contributed by atoms with Gasteiger partial charge < -0.3 is 21.3 Å². The molecule has 2 aliphatic carbocycles. The summed E-state index contributed by atoms with van der Waals surface area (Å²) >= 11 is 1.47. The highest BCUT2D eigenvalue weighted by Gasteiger charge is 2.67. The molecule has 10 heteroatoms. The molecule has 4 atom stereocenters. The molecule has 1 aliphatic heterocycles. The van der Waals surface area contributed by atoms with Gasteiger partial charge >= 0.3 is 0 Å². The molecule has 3 fully saturated rings. The van der Waals surface area contributed by atoms with Gasteiger partial charge in [0.05, 0.1) is 11.7 Å². The number of hydrogen-bond donors (Lipinski definition) is 3. The molecular formula is C30H47N5O4S. The number of aromatic nitrogens is 1. The van der Waals surface area contributed by atoms with Crippen LogP contribution in [0.4, 0.5) is 5.13 Å². The van der Waals surface area contributed by atoms with Crippen LogP contribution in [0.5, 0.6) is 0 Å². The van der Waals surface area contributed by atoms with Crippen LogP contribution < -0.4 is 16.4 Å². The summed E-state index contributed by atoms with van der Waals surface area (Å²) in [6.07, 6.45) is 4.87. The molecule has 2 heterocycles. The number of nitrogens with one attached hydrogen (secondary N) is 2. The molecule has 0 aromatic carbocycles. The van der Waals surface area contributed by atoms with E-state index in [0.29, 0.717) is 24.5 Å². The highest BCUT2D eigenvalue weighted by atomic mass is 32.1. The van der Waals surface area contributed by atoms with Crippen LogP contribution in [-0.2, 0) is 24.6 Å². The van der Waals surface area contributed by atoms with E-state index in [-0.39, 0.29) is 34.0 Å². The SMILES string of the molecule is CC(C)(C)c1csc(N[C@H](C(=O)N2C[C@]3(CC2C(=O)NC(CC2CCC2)C(=O)C(N)=O)CC3(C)C)C(C)(C)C)n1. The van der Waals surface area contributed by atoms with Gasteiger partial charge in [0.25, 0.3) is 5.91 Å². The standard InChI is InChI=1S/C30H47N5O4S/c1-27(2,3)20-14-40-26(33-20)34-22(28(4,5)6)25(39)35-16-30(15-29(30,7)8)13-19(35)24(38)32-18(21(36)23(31)37)12-17-10-9-11-17/h14,17-19,22H,9-13,15-16H2,1-8H3,(H2,31,37)(H,32,38)(H,33,34)/t18?,19?,22-,30+/m1/s1. The number of rotatable bonds is 9. The van der Waals surface area contributed by atoms with E-state index < -0.39 is 35.2 Å². The largest absolute Gasteiger partial charge is 0.363 e. The van der Waals surface area contributed by atoms with Gasteiger partial charge in [-0.25, -0.2) is 4.98 Å². The summed E-state index contributed by atoms with van der Waals surface area (Å²) in [6, 6.07) is -2.30. The first kappa shape index (κ1) is 30.5. The highest BCUT2D eigenvalue weighted by molar-refractivity contribution is 7.13. The zero-order chi connectivity index (χ0) is 29.8. The molecular weight excluding hydrogens is 526 g/mol. The van der Waals surface area contributed by atoms with E-state index in [1.54, 1.807) is 4.90 Å². The zero-order valence-corrected chi connectivity index (χ0v) is 26.2. The molecule has 2 unspecified atom stereocenters. The summed E-state index contributed by atoms with van der Waals surface area (Å²) in [5.41, 5.74) is 5.58. The molecule has 0 radical (unpaired) electrons. The Bertz CT molecular complexity index is 1180. The maximum absolute atomic E-state index is 14.3. The van der Waals surface area contributed by atoms with Crippen molar-refractivity contribution in [3.63, 3.8) is 0 Å². The van der Waals surface area contributed by atoms with Crippen LogP contribution in [0, 0.1) is 22.2 Å². The van der Waals surface area contributed by atoms with Crippen molar-refractivity contribution in [3.05, 3.63) is 11.1 Å². The van der Waals surface area contributed by atoms with Gasteiger partial charge in [-0.15, -0.1) is 11.3 Å². The maximum Gasteiger partial charge on any atom is 0.287 e. The predicted octanol–water partition coefficient (Wildman–Crippen LogP) is 4.01. The van der Waals surface area contributed by atoms with Gasteiger partial charge in [0, 0.05) is 17.3 Å². The lowest BCUT2D eigenvalue weighted by Gasteiger charge is -2.36. The lowest BCUT2D eigenvalue weighted by Crippen LogP contribution is -2.56. The van der Waals surface area contributed by atoms with Crippen LogP contribution in [0.25, 0.3) is 0 Å². The van der Waals surface area contributed by atoms with E-state index >= 15 is 0 Å². The summed E-state index contributed by atoms with van der Waals surface area (Å²) in [4.78, 5) is 59.0. The Kier molecular flexibility index (Phi) is 7.93. The van der Waals surface area contributed by atoms with Crippen molar-refractivity contribution >= 4 is 40.0 Å². The second-order valence-electron chi connectivity index (χ2n) is 15.1. The smallest absolute Gasteiger partial charge is 0.287 e. The molecule has 40 heavy (non-hydrogen) atoms. The first-order valence-electron chi connectivity index (χ1n) is 14.5. The van der Waals surface area contributed by atoms with Crippen molar-refractivity contribution in [3.8, 4) is 0 Å². The van der Waals surface area contributed by atoms with E-state index in [9.17, 15) is 19.2 Å². The van der Waals surface area contributed by atoms with E-state index in [2.05, 4.69) is 45.3 Å². The monoisotopic (exact) mass is 573 g/mol. The van der Waals surface area contributed by atoms with Crippen molar-refractivity contribution in [2.75, 3.05) is 11.9 Å². The van der Waals surface area contributed by atoms with Crippen LogP contribution in [0.15, 0.2) is 5.38 Å². The van der Waals surface area contributed by atoms with E-state index in [1.165, 1.54) is 11.3 Å².